The van der Waals surface area contributed by atoms with Gasteiger partial charge in [-0.05, 0) is 42.7 Å². The summed E-state index contributed by atoms with van der Waals surface area (Å²) in [4.78, 5) is 19.7. The molecular weight excluding hydrogens is 381 g/mol. The Morgan fingerprint density at radius 2 is 2.07 bits per heavy atom. The monoisotopic (exact) mass is 403 g/mol. The molecule has 5 rings (SSSR count). The number of fused-ring (bicyclic) bond motifs is 1. The third-order valence-corrected chi connectivity index (χ3v) is 5.47. The zero-order valence-corrected chi connectivity index (χ0v) is 16.7. The van der Waals surface area contributed by atoms with Crippen LogP contribution < -0.4 is 10.2 Å². The summed E-state index contributed by atoms with van der Waals surface area (Å²) in [5, 5.41) is 3.35. The molecule has 1 fully saturated rings. The number of nitrogens with zero attached hydrogens (tertiary/aromatic N) is 6. The number of rotatable bonds is 5. The maximum Gasteiger partial charge on any atom is 0.137 e. The van der Waals surface area contributed by atoms with Gasteiger partial charge in [0.2, 0.25) is 0 Å². The van der Waals surface area contributed by atoms with Crippen LogP contribution in [-0.4, -0.2) is 43.6 Å². The first-order chi connectivity index (χ1) is 14.7. The van der Waals surface area contributed by atoms with Gasteiger partial charge in [0.15, 0.2) is 0 Å². The van der Waals surface area contributed by atoms with Crippen LogP contribution in [0.5, 0.6) is 0 Å². The van der Waals surface area contributed by atoms with Gasteiger partial charge in [-0.25, -0.2) is 24.3 Å². The van der Waals surface area contributed by atoms with Crippen molar-refractivity contribution in [1.82, 2.24) is 24.3 Å². The van der Waals surface area contributed by atoms with Gasteiger partial charge in [-0.1, -0.05) is 6.07 Å². The third kappa shape index (κ3) is 3.56. The molecule has 7 nitrogen and oxygen atoms in total. The van der Waals surface area contributed by atoms with Crippen molar-refractivity contribution in [3.05, 3.63) is 66.4 Å². The van der Waals surface area contributed by atoms with Crippen LogP contribution >= 0.6 is 0 Å². The first-order valence-electron chi connectivity index (χ1n) is 10.0. The van der Waals surface area contributed by atoms with Crippen LogP contribution in [0.2, 0.25) is 0 Å². The van der Waals surface area contributed by atoms with E-state index < -0.39 is 6.17 Å². The number of hydrogen-bond donors (Lipinski definition) is 1. The van der Waals surface area contributed by atoms with Gasteiger partial charge in [0.1, 0.15) is 29.8 Å². The van der Waals surface area contributed by atoms with Crippen molar-refractivity contribution in [2.45, 2.75) is 26.1 Å². The van der Waals surface area contributed by atoms with Crippen molar-refractivity contribution in [3.63, 3.8) is 0 Å². The highest BCUT2D eigenvalue weighted by atomic mass is 19.1. The van der Waals surface area contributed by atoms with Gasteiger partial charge >= 0.3 is 0 Å². The highest BCUT2D eigenvalue weighted by Gasteiger charge is 2.23. The third-order valence-electron chi connectivity index (χ3n) is 5.47. The molecule has 0 saturated carbocycles. The molecule has 4 aromatic rings. The minimum absolute atomic E-state index is 0.428. The number of aromatic nitrogens is 5. The summed E-state index contributed by atoms with van der Waals surface area (Å²) < 4.78 is 15.5. The van der Waals surface area contributed by atoms with Gasteiger partial charge in [0.25, 0.3) is 0 Å². The van der Waals surface area contributed by atoms with Crippen LogP contribution in [0.3, 0.4) is 0 Å². The fourth-order valence-corrected chi connectivity index (χ4v) is 3.76. The van der Waals surface area contributed by atoms with E-state index in [1.165, 1.54) is 0 Å². The maximum atomic E-state index is 13.5. The highest BCUT2D eigenvalue weighted by Crippen LogP contribution is 2.23. The van der Waals surface area contributed by atoms with Crippen molar-refractivity contribution < 1.29 is 4.39 Å². The summed E-state index contributed by atoms with van der Waals surface area (Å²) in [5.74, 6) is 1.57. The van der Waals surface area contributed by atoms with Crippen LogP contribution in [0.25, 0.3) is 17.0 Å². The molecular formula is C22H22FN7. The summed E-state index contributed by atoms with van der Waals surface area (Å²) in [6.07, 6.45) is 7.01. The van der Waals surface area contributed by atoms with E-state index in [9.17, 15) is 4.39 Å². The number of imidazole rings is 1. The number of alkyl halides is 1. The normalized spacial score (nSPS) is 16.3. The lowest BCUT2D eigenvalue weighted by Gasteiger charge is -2.18. The number of aryl methyl sites for hydroxylation is 1. The summed E-state index contributed by atoms with van der Waals surface area (Å²) >= 11 is 0. The summed E-state index contributed by atoms with van der Waals surface area (Å²) in [6.45, 7) is 3.79. The van der Waals surface area contributed by atoms with E-state index in [-0.39, 0.29) is 0 Å². The molecule has 0 aliphatic carbocycles. The standard InChI is InChI=1S/C22H22FN7/c1-15-8-22(29-7-5-17(23)13-29)25-11-16(15)10-24-20-9-18(27-14-28-20)19-12-26-21-4-2-3-6-30(19)21/h2-4,6,8-9,11-12,14,17H,5,7,10,13H2,1H3,(H,24,27,28). The fourth-order valence-electron chi connectivity index (χ4n) is 3.76. The number of hydrogen-bond acceptors (Lipinski definition) is 6. The lowest BCUT2D eigenvalue weighted by molar-refractivity contribution is 0.364. The lowest BCUT2D eigenvalue weighted by Crippen LogP contribution is -2.21. The van der Waals surface area contributed by atoms with Crippen molar-refractivity contribution in [3.8, 4) is 11.4 Å². The Morgan fingerprint density at radius 1 is 1.13 bits per heavy atom. The van der Waals surface area contributed by atoms with Crippen LogP contribution in [0.4, 0.5) is 16.0 Å². The zero-order chi connectivity index (χ0) is 20.5. The van der Waals surface area contributed by atoms with Crippen LogP contribution in [-0.2, 0) is 6.54 Å². The molecule has 5 heterocycles. The number of pyridine rings is 2. The zero-order valence-electron chi connectivity index (χ0n) is 16.7. The highest BCUT2D eigenvalue weighted by molar-refractivity contribution is 5.62. The van der Waals surface area contributed by atoms with Gasteiger partial charge in [0, 0.05) is 31.5 Å². The number of nitrogens with one attached hydrogen (secondary N) is 1. The minimum atomic E-state index is -0.756. The van der Waals surface area contributed by atoms with Gasteiger partial charge in [-0.3, -0.25) is 4.40 Å². The Bertz CT molecular complexity index is 1190. The molecule has 152 valence electrons. The first-order valence-corrected chi connectivity index (χ1v) is 10.0. The van der Waals surface area contributed by atoms with Gasteiger partial charge in [0.05, 0.1) is 24.1 Å². The predicted molar refractivity (Wildman–Crippen MR) is 114 cm³/mol. The Hall–Kier alpha value is -3.55. The molecule has 8 heteroatoms. The topological polar surface area (TPSA) is 71.2 Å². The Labute approximate surface area is 173 Å². The molecule has 1 atom stereocenters. The Kier molecular flexibility index (Phi) is 4.74. The number of halogens is 1. The van der Waals surface area contributed by atoms with Gasteiger partial charge in [-0.15, -0.1) is 0 Å². The minimum Gasteiger partial charge on any atom is -0.366 e. The molecule has 30 heavy (non-hydrogen) atoms. The SMILES string of the molecule is Cc1cc(N2CCC(F)C2)ncc1CNc1cc(-c2cnc3ccccn23)ncn1. The van der Waals surface area contributed by atoms with Crippen molar-refractivity contribution in [2.24, 2.45) is 0 Å². The fraction of sp³-hybridized carbons (Fsp3) is 0.273. The van der Waals surface area contributed by atoms with E-state index in [2.05, 4.69) is 32.2 Å². The van der Waals surface area contributed by atoms with Crippen LogP contribution in [0.15, 0.2) is 55.2 Å². The lowest BCUT2D eigenvalue weighted by atomic mass is 10.1. The molecule has 1 aliphatic heterocycles. The Morgan fingerprint density at radius 3 is 2.90 bits per heavy atom. The quantitative estimate of drug-likeness (QED) is 0.548. The van der Waals surface area contributed by atoms with E-state index in [1.54, 1.807) is 6.33 Å². The average molecular weight is 403 g/mol. The van der Waals surface area contributed by atoms with Gasteiger partial charge < -0.3 is 10.2 Å². The molecule has 1 saturated heterocycles. The summed E-state index contributed by atoms with van der Waals surface area (Å²) in [6, 6.07) is 9.82. The van der Waals surface area contributed by atoms with E-state index in [0.29, 0.717) is 19.5 Å². The summed E-state index contributed by atoms with van der Waals surface area (Å²) in [7, 11) is 0. The molecule has 0 amide bonds. The van der Waals surface area contributed by atoms with E-state index in [4.69, 9.17) is 0 Å². The second kappa shape index (κ2) is 7.70. The van der Waals surface area contributed by atoms with E-state index >= 15 is 0 Å². The molecule has 4 aromatic heterocycles. The average Bonchev–Trinajstić information content (AvgIpc) is 3.39. The molecule has 0 spiro atoms. The second-order valence-corrected chi connectivity index (χ2v) is 7.52. The summed E-state index contributed by atoms with van der Waals surface area (Å²) in [5.41, 5.74) is 4.77. The van der Waals surface area contributed by atoms with E-state index in [0.717, 1.165) is 46.3 Å². The molecule has 1 unspecified atom stereocenters. The predicted octanol–water partition coefficient (Wildman–Crippen LogP) is 3.66. The van der Waals surface area contributed by atoms with E-state index in [1.807, 2.05) is 58.2 Å². The smallest absolute Gasteiger partial charge is 0.137 e. The van der Waals surface area contributed by atoms with Crippen LogP contribution in [0, 0.1) is 6.92 Å². The molecule has 1 N–H and O–H groups in total. The van der Waals surface area contributed by atoms with Gasteiger partial charge in [-0.2, -0.15) is 0 Å². The molecule has 0 aromatic carbocycles. The Balaban J connectivity index is 1.32. The molecule has 1 aliphatic rings. The second-order valence-electron chi connectivity index (χ2n) is 7.52. The largest absolute Gasteiger partial charge is 0.366 e. The number of anilines is 2. The van der Waals surface area contributed by atoms with Crippen molar-refractivity contribution >= 4 is 17.3 Å². The molecule has 0 bridgehead atoms. The maximum absolute atomic E-state index is 13.5. The van der Waals surface area contributed by atoms with Crippen molar-refractivity contribution in [1.29, 1.82) is 0 Å². The molecule has 0 radical (unpaired) electrons. The van der Waals surface area contributed by atoms with Crippen LogP contribution in [0.1, 0.15) is 17.5 Å². The van der Waals surface area contributed by atoms with Crippen molar-refractivity contribution in [2.75, 3.05) is 23.3 Å². The first kappa shape index (κ1) is 18.5.